The Hall–Kier alpha value is -1.10. The van der Waals surface area contributed by atoms with E-state index in [1.54, 1.807) is 11.8 Å². The summed E-state index contributed by atoms with van der Waals surface area (Å²) in [5.41, 5.74) is -0.229. The third-order valence-electron chi connectivity index (χ3n) is 2.65. The van der Waals surface area contributed by atoms with E-state index < -0.39 is 12.1 Å². The lowest BCUT2D eigenvalue weighted by Crippen LogP contribution is -2.58. The number of carbonyl (C=O) groups excluding carboxylic acids is 1. The van der Waals surface area contributed by atoms with Crippen LogP contribution in [-0.2, 0) is 4.79 Å². The van der Waals surface area contributed by atoms with Crippen molar-refractivity contribution in [3.63, 3.8) is 0 Å². The molecule has 14 heavy (non-hydrogen) atoms. The molecular weight excluding hydrogens is 182 g/mol. The van der Waals surface area contributed by atoms with Gasteiger partial charge in [0.15, 0.2) is 0 Å². The fraction of sp³-hybridized carbons (Fsp3) is 0.778. The first-order chi connectivity index (χ1) is 6.41. The van der Waals surface area contributed by atoms with Gasteiger partial charge in [-0.2, -0.15) is 0 Å². The number of guanidine groups is 1. The average molecular weight is 197 g/mol. The highest BCUT2D eigenvalue weighted by molar-refractivity contribution is 6.01. The fourth-order valence-electron chi connectivity index (χ4n) is 1.83. The van der Waals surface area contributed by atoms with E-state index in [1.165, 1.54) is 0 Å². The standard InChI is InChI=1S/C9H15N3O2/c1-5-6(13)10-8-11-9(2,3)4-12(8)7(5)14/h5,7,14H,4H2,1-3H3,(H,10,11,13). The molecule has 2 aliphatic heterocycles. The summed E-state index contributed by atoms with van der Waals surface area (Å²) in [4.78, 5) is 17.5. The van der Waals surface area contributed by atoms with Crippen molar-refractivity contribution < 1.29 is 9.90 Å². The smallest absolute Gasteiger partial charge is 0.234 e. The zero-order valence-electron chi connectivity index (χ0n) is 8.61. The molecule has 0 aliphatic carbocycles. The first kappa shape index (κ1) is 9.45. The Morgan fingerprint density at radius 1 is 1.64 bits per heavy atom. The highest BCUT2D eigenvalue weighted by atomic mass is 16.3. The first-order valence-corrected chi connectivity index (χ1v) is 4.76. The number of aliphatic hydroxyl groups is 1. The number of amides is 1. The van der Waals surface area contributed by atoms with Crippen LogP contribution in [0.4, 0.5) is 0 Å². The molecule has 0 bridgehead atoms. The number of aliphatic imine (C=N–C) groups is 1. The predicted molar refractivity (Wildman–Crippen MR) is 51.5 cm³/mol. The van der Waals surface area contributed by atoms with Crippen molar-refractivity contribution in [1.29, 1.82) is 0 Å². The fourth-order valence-corrected chi connectivity index (χ4v) is 1.83. The second kappa shape index (κ2) is 2.70. The molecule has 2 atom stereocenters. The Balaban J connectivity index is 2.29. The highest BCUT2D eigenvalue weighted by Crippen LogP contribution is 2.25. The number of hydrogen-bond donors (Lipinski definition) is 2. The lowest BCUT2D eigenvalue weighted by Gasteiger charge is -2.35. The van der Waals surface area contributed by atoms with Gasteiger partial charge in [-0.1, -0.05) is 0 Å². The summed E-state index contributed by atoms with van der Waals surface area (Å²) in [7, 11) is 0. The maximum atomic E-state index is 11.4. The van der Waals surface area contributed by atoms with Gasteiger partial charge in [0.2, 0.25) is 11.9 Å². The van der Waals surface area contributed by atoms with Crippen molar-refractivity contribution in [2.24, 2.45) is 10.9 Å². The summed E-state index contributed by atoms with van der Waals surface area (Å²) in [5, 5.41) is 12.5. The maximum Gasteiger partial charge on any atom is 0.234 e. The van der Waals surface area contributed by atoms with E-state index in [0.29, 0.717) is 12.5 Å². The minimum atomic E-state index is -0.746. The quantitative estimate of drug-likeness (QED) is 0.551. The molecule has 0 spiro atoms. The van der Waals surface area contributed by atoms with Crippen molar-refractivity contribution in [2.75, 3.05) is 6.54 Å². The first-order valence-electron chi connectivity index (χ1n) is 4.76. The van der Waals surface area contributed by atoms with E-state index in [2.05, 4.69) is 10.3 Å². The van der Waals surface area contributed by atoms with Gasteiger partial charge in [0.1, 0.15) is 6.23 Å². The van der Waals surface area contributed by atoms with Crippen LogP contribution in [0.1, 0.15) is 20.8 Å². The monoisotopic (exact) mass is 197 g/mol. The number of nitrogens with one attached hydrogen (secondary N) is 1. The van der Waals surface area contributed by atoms with E-state index >= 15 is 0 Å². The molecule has 2 N–H and O–H groups in total. The second-order valence-corrected chi connectivity index (χ2v) is 4.57. The van der Waals surface area contributed by atoms with E-state index in [4.69, 9.17) is 0 Å². The van der Waals surface area contributed by atoms with Crippen LogP contribution in [0.3, 0.4) is 0 Å². The zero-order chi connectivity index (χ0) is 10.5. The van der Waals surface area contributed by atoms with Crippen molar-refractivity contribution in [1.82, 2.24) is 10.2 Å². The number of rotatable bonds is 0. The molecule has 2 unspecified atom stereocenters. The van der Waals surface area contributed by atoms with Crippen LogP contribution >= 0.6 is 0 Å². The normalized spacial score (nSPS) is 35.0. The van der Waals surface area contributed by atoms with Gasteiger partial charge in [-0.15, -0.1) is 0 Å². The molecular formula is C9H15N3O2. The molecule has 0 radical (unpaired) electrons. The van der Waals surface area contributed by atoms with E-state index in [-0.39, 0.29) is 11.4 Å². The number of nitrogens with zero attached hydrogens (tertiary/aromatic N) is 2. The van der Waals surface area contributed by atoms with Crippen LogP contribution in [0.25, 0.3) is 0 Å². The Morgan fingerprint density at radius 3 is 2.93 bits per heavy atom. The SMILES string of the molecule is CC1C(=O)NC2=NC(C)(C)CN2C1O. The van der Waals surface area contributed by atoms with Crippen molar-refractivity contribution in [3.05, 3.63) is 0 Å². The summed E-state index contributed by atoms with van der Waals surface area (Å²) in [6.07, 6.45) is -0.746. The van der Waals surface area contributed by atoms with E-state index in [0.717, 1.165) is 0 Å². The molecule has 0 aromatic heterocycles. The second-order valence-electron chi connectivity index (χ2n) is 4.57. The average Bonchev–Trinajstić information content (AvgIpc) is 2.37. The summed E-state index contributed by atoms with van der Waals surface area (Å²) in [6, 6.07) is 0. The molecule has 2 heterocycles. The Kier molecular flexibility index (Phi) is 1.82. The largest absolute Gasteiger partial charge is 0.373 e. The molecule has 0 saturated carbocycles. The molecule has 5 nitrogen and oxygen atoms in total. The minimum absolute atomic E-state index is 0.162. The summed E-state index contributed by atoms with van der Waals surface area (Å²) >= 11 is 0. The van der Waals surface area contributed by atoms with Gasteiger partial charge in [0.05, 0.1) is 11.5 Å². The van der Waals surface area contributed by atoms with Crippen LogP contribution in [-0.4, -0.2) is 40.2 Å². The summed E-state index contributed by atoms with van der Waals surface area (Å²) in [5.74, 6) is -0.0568. The Morgan fingerprint density at radius 2 is 2.29 bits per heavy atom. The van der Waals surface area contributed by atoms with Crippen molar-refractivity contribution in [2.45, 2.75) is 32.5 Å². The summed E-state index contributed by atoms with van der Waals surface area (Å²) in [6.45, 7) is 6.31. The van der Waals surface area contributed by atoms with Crippen LogP contribution in [0, 0.1) is 5.92 Å². The van der Waals surface area contributed by atoms with Gasteiger partial charge < -0.3 is 10.0 Å². The lowest BCUT2D eigenvalue weighted by molar-refractivity contribution is -0.133. The van der Waals surface area contributed by atoms with Crippen LogP contribution in [0.2, 0.25) is 0 Å². The zero-order valence-corrected chi connectivity index (χ0v) is 8.61. The molecule has 1 fully saturated rings. The third-order valence-corrected chi connectivity index (χ3v) is 2.65. The molecule has 2 aliphatic rings. The van der Waals surface area contributed by atoms with Gasteiger partial charge in [-0.3, -0.25) is 10.1 Å². The topological polar surface area (TPSA) is 64.9 Å². The minimum Gasteiger partial charge on any atom is -0.373 e. The van der Waals surface area contributed by atoms with Crippen molar-refractivity contribution in [3.8, 4) is 0 Å². The lowest BCUT2D eigenvalue weighted by atomic mass is 10.0. The van der Waals surface area contributed by atoms with Crippen LogP contribution in [0.5, 0.6) is 0 Å². The third kappa shape index (κ3) is 1.28. The number of fused-ring (bicyclic) bond motifs is 1. The van der Waals surface area contributed by atoms with Crippen LogP contribution < -0.4 is 5.32 Å². The molecule has 2 rings (SSSR count). The highest BCUT2D eigenvalue weighted by Gasteiger charge is 2.43. The van der Waals surface area contributed by atoms with Gasteiger partial charge in [0, 0.05) is 6.54 Å². The van der Waals surface area contributed by atoms with Crippen molar-refractivity contribution >= 4 is 11.9 Å². The molecule has 5 heteroatoms. The molecule has 1 amide bonds. The predicted octanol–water partition coefficient (Wildman–Crippen LogP) is -0.479. The molecule has 78 valence electrons. The number of carbonyl (C=O) groups is 1. The molecule has 0 aromatic carbocycles. The Bertz CT molecular complexity index is 311. The van der Waals surface area contributed by atoms with Gasteiger partial charge in [-0.25, -0.2) is 4.99 Å². The maximum absolute atomic E-state index is 11.4. The van der Waals surface area contributed by atoms with Gasteiger partial charge in [-0.05, 0) is 20.8 Å². The van der Waals surface area contributed by atoms with Gasteiger partial charge in [0.25, 0.3) is 0 Å². The molecule has 1 saturated heterocycles. The van der Waals surface area contributed by atoms with Gasteiger partial charge >= 0.3 is 0 Å². The van der Waals surface area contributed by atoms with Crippen LogP contribution in [0.15, 0.2) is 4.99 Å². The molecule has 0 aromatic rings. The van der Waals surface area contributed by atoms with E-state index in [1.807, 2.05) is 13.8 Å². The van der Waals surface area contributed by atoms with E-state index in [9.17, 15) is 9.90 Å². The Labute approximate surface area is 82.8 Å². The number of hydrogen-bond acceptors (Lipinski definition) is 4. The number of aliphatic hydroxyl groups excluding tert-OH is 1. The summed E-state index contributed by atoms with van der Waals surface area (Å²) < 4.78 is 0.